The third-order valence-electron chi connectivity index (χ3n) is 7.32. The third kappa shape index (κ3) is 5.08. The van der Waals surface area contributed by atoms with Crippen molar-refractivity contribution in [3.63, 3.8) is 0 Å². The Bertz CT molecular complexity index is 2020. The first-order valence-corrected chi connectivity index (χ1v) is 14.7. The molecule has 3 heterocycles. The van der Waals surface area contributed by atoms with Gasteiger partial charge in [0.25, 0.3) is 5.56 Å². The van der Waals surface area contributed by atoms with E-state index in [1.165, 1.54) is 11.3 Å². The van der Waals surface area contributed by atoms with Gasteiger partial charge in [0.2, 0.25) is 0 Å². The van der Waals surface area contributed by atoms with Gasteiger partial charge in [-0.1, -0.05) is 65.4 Å². The first-order chi connectivity index (χ1) is 20.4. The number of allylic oxidation sites excluding steroid dienone is 1. The van der Waals surface area contributed by atoms with Crippen molar-refractivity contribution >= 4 is 45.9 Å². The molecule has 0 bridgehead atoms. The van der Waals surface area contributed by atoms with Crippen LogP contribution in [0.15, 0.2) is 100 Å². The maximum absolute atomic E-state index is 14.1. The second kappa shape index (κ2) is 11.5. The molecule has 1 aliphatic heterocycles. The summed E-state index contributed by atoms with van der Waals surface area (Å²) in [6.45, 7) is 4.42. The number of benzene rings is 3. The highest BCUT2D eigenvalue weighted by atomic mass is 35.5. The van der Waals surface area contributed by atoms with Gasteiger partial charge in [0, 0.05) is 34.2 Å². The van der Waals surface area contributed by atoms with Crippen LogP contribution in [0.3, 0.4) is 0 Å². The Labute approximate surface area is 251 Å². The molecule has 0 aliphatic carbocycles. The Morgan fingerprint density at radius 3 is 2.52 bits per heavy atom. The maximum Gasteiger partial charge on any atom is 0.338 e. The van der Waals surface area contributed by atoms with E-state index in [-0.39, 0.29) is 12.2 Å². The highest BCUT2D eigenvalue weighted by molar-refractivity contribution is 7.07. The molecule has 7 nitrogen and oxygen atoms in total. The number of nitrogens with zero attached hydrogens (tertiary/aromatic N) is 3. The number of carbonyl (C=O) groups is 1. The lowest BCUT2D eigenvalue weighted by molar-refractivity contribution is -0.139. The SMILES string of the molecule is CCOC(=O)C1=C(C)N=c2s/c(=C/c3cn(Cc4ccc(Cl)cc4)c4ccccc34)c(=O)n2C1c1ccc(OC)cc1. The highest BCUT2D eigenvalue weighted by Gasteiger charge is 2.33. The Morgan fingerprint density at radius 1 is 1.07 bits per heavy atom. The van der Waals surface area contributed by atoms with E-state index in [0.717, 1.165) is 27.6 Å². The lowest BCUT2D eigenvalue weighted by Crippen LogP contribution is -2.39. The first-order valence-electron chi connectivity index (χ1n) is 13.5. The van der Waals surface area contributed by atoms with E-state index >= 15 is 0 Å². The van der Waals surface area contributed by atoms with Crippen LogP contribution in [0.5, 0.6) is 5.75 Å². The number of para-hydroxylation sites is 1. The van der Waals surface area contributed by atoms with Gasteiger partial charge in [-0.2, -0.15) is 0 Å². The van der Waals surface area contributed by atoms with Gasteiger partial charge in [0.1, 0.15) is 5.75 Å². The molecule has 1 aliphatic rings. The van der Waals surface area contributed by atoms with Crippen LogP contribution < -0.4 is 19.6 Å². The molecule has 0 spiro atoms. The molecule has 5 aromatic rings. The molecular weight excluding hydrogens is 570 g/mol. The lowest BCUT2D eigenvalue weighted by atomic mass is 9.96. The fourth-order valence-electron chi connectivity index (χ4n) is 5.34. The van der Waals surface area contributed by atoms with Crippen molar-refractivity contribution in [1.82, 2.24) is 9.13 Å². The second-order valence-corrected chi connectivity index (χ2v) is 11.4. The maximum atomic E-state index is 14.1. The molecule has 0 fully saturated rings. The largest absolute Gasteiger partial charge is 0.497 e. The topological polar surface area (TPSA) is 74.8 Å². The first kappa shape index (κ1) is 27.8. The molecule has 6 rings (SSSR count). The van der Waals surface area contributed by atoms with Crippen LogP contribution in [-0.4, -0.2) is 28.8 Å². The molecule has 0 saturated heterocycles. The zero-order valence-corrected chi connectivity index (χ0v) is 24.9. The molecule has 0 radical (unpaired) electrons. The van der Waals surface area contributed by atoms with Gasteiger partial charge in [0.15, 0.2) is 4.80 Å². The van der Waals surface area contributed by atoms with Crippen LogP contribution in [-0.2, 0) is 16.1 Å². The van der Waals surface area contributed by atoms with E-state index in [2.05, 4.69) is 22.9 Å². The number of esters is 1. The molecule has 1 atom stereocenters. The van der Waals surface area contributed by atoms with E-state index in [1.807, 2.05) is 66.7 Å². The molecule has 9 heteroatoms. The second-order valence-electron chi connectivity index (χ2n) is 9.93. The normalized spacial score (nSPS) is 15.0. The van der Waals surface area contributed by atoms with Crippen molar-refractivity contribution in [3.05, 3.63) is 132 Å². The molecule has 2 aromatic heterocycles. The third-order valence-corrected chi connectivity index (χ3v) is 8.56. The number of hydrogen-bond acceptors (Lipinski definition) is 6. The summed E-state index contributed by atoms with van der Waals surface area (Å²) in [5.74, 6) is 0.193. The molecule has 42 heavy (non-hydrogen) atoms. The number of fused-ring (bicyclic) bond motifs is 2. The van der Waals surface area contributed by atoms with Gasteiger partial charge in [0.05, 0.1) is 35.6 Å². The molecule has 0 saturated carbocycles. The molecule has 1 unspecified atom stereocenters. The Kier molecular flexibility index (Phi) is 7.58. The molecule has 3 aromatic carbocycles. The summed E-state index contributed by atoms with van der Waals surface area (Å²) in [4.78, 5) is 32.5. The molecule has 212 valence electrons. The van der Waals surface area contributed by atoms with Gasteiger partial charge in [-0.3, -0.25) is 9.36 Å². The van der Waals surface area contributed by atoms with E-state index in [4.69, 9.17) is 26.1 Å². The average Bonchev–Trinajstić information content (AvgIpc) is 3.50. The fraction of sp³-hybridized carbons (Fsp3) is 0.182. The number of methoxy groups -OCH3 is 1. The van der Waals surface area contributed by atoms with Crippen LogP contribution in [0.25, 0.3) is 17.0 Å². The number of rotatable bonds is 7. The zero-order valence-electron chi connectivity index (χ0n) is 23.3. The van der Waals surface area contributed by atoms with Gasteiger partial charge < -0.3 is 14.0 Å². The van der Waals surface area contributed by atoms with Crippen LogP contribution in [0.2, 0.25) is 5.02 Å². The number of ether oxygens (including phenoxy) is 2. The van der Waals surface area contributed by atoms with Crippen molar-refractivity contribution < 1.29 is 14.3 Å². The molecule has 0 amide bonds. The van der Waals surface area contributed by atoms with Crippen molar-refractivity contribution in [2.75, 3.05) is 13.7 Å². The number of aromatic nitrogens is 2. The van der Waals surface area contributed by atoms with E-state index in [1.54, 1.807) is 25.5 Å². The quantitative estimate of drug-likeness (QED) is 0.233. The smallest absolute Gasteiger partial charge is 0.338 e. The van der Waals surface area contributed by atoms with Gasteiger partial charge >= 0.3 is 5.97 Å². The van der Waals surface area contributed by atoms with Gasteiger partial charge in [-0.05, 0) is 61.4 Å². The van der Waals surface area contributed by atoms with Gasteiger partial charge in [-0.15, -0.1) is 0 Å². The van der Waals surface area contributed by atoms with Crippen molar-refractivity contribution in [2.24, 2.45) is 4.99 Å². The van der Waals surface area contributed by atoms with Crippen molar-refractivity contribution in [3.8, 4) is 5.75 Å². The van der Waals surface area contributed by atoms with Crippen molar-refractivity contribution in [2.45, 2.75) is 26.4 Å². The van der Waals surface area contributed by atoms with Crippen molar-refractivity contribution in [1.29, 1.82) is 0 Å². The number of hydrogen-bond donors (Lipinski definition) is 0. The predicted octanol–water partition coefficient (Wildman–Crippen LogP) is 5.46. The predicted molar refractivity (Wildman–Crippen MR) is 166 cm³/mol. The van der Waals surface area contributed by atoms with Crippen LogP contribution in [0.1, 0.15) is 36.6 Å². The highest BCUT2D eigenvalue weighted by Crippen LogP contribution is 2.32. The standard InChI is InChI=1S/C33H28ClN3O4S/c1-4-41-32(39)29-20(2)35-33-37(30(29)22-11-15-25(40-3)16-12-22)31(38)28(42-33)17-23-19-36(27-8-6-5-7-26(23)27)18-21-9-13-24(34)14-10-21/h5-17,19,30H,4,18H2,1-3H3/b28-17+. The van der Waals surface area contributed by atoms with Crippen LogP contribution in [0, 0.1) is 0 Å². The summed E-state index contributed by atoms with van der Waals surface area (Å²) in [6, 6.07) is 22.6. The zero-order chi connectivity index (χ0) is 29.4. The summed E-state index contributed by atoms with van der Waals surface area (Å²) in [5, 5.41) is 1.73. The molecule has 0 N–H and O–H groups in total. The van der Waals surface area contributed by atoms with E-state index in [9.17, 15) is 9.59 Å². The van der Waals surface area contributed by atoms with Crippen LogP contribution >= 0.6 is 22.9 Å². The van der Waals surface area contributed by atoms with Gasteiger partial charge in [-0.25, -0.2) is 9.79 Å². The minimum Gasteiger partial charge on any atom is -0.497 e. The average molecular weight is 598 g/mol. The summed E-state index contributed by atoms with van der Waals surface area (Å²) in [6.07, 6.45) is 3.98. The number of halogens is 1. The Hall–Kier alpha value is -4.40. The summed E-state index contributed by atoms with van der Waals surface area (Å²) >= 11 is 7.40. The number of thiazole rings is 1. The molecular formula is C33H28ClN3O4S. The Balaban J connectivity index is 1.50. The van der Waals surface area contributed by atoms with Crippen LogP contribution in [0.4, 0.5) is 0 Å². The summed E-state index contributed by atoms with van der Waals surface area (Å²) < 4.78 is 15.0. The summed E-state index contributed by atoms with van der Waals surface area (Å²) in [5.41, 5.74) is 4.52. The van der Waals surface area contributed by atoms with E-state index in [0.29, 0.717) is 37.9 Å². The Morgan fingerprint density at radius 2 is 1.81 bits per heavy atom. The van der Waals surface area contributed by atoms with E-state index < -0.39 is 12.0 Å². The minimum atomic E-state index is -0.681. The lowest BCUT2D eigenvalue weighted by Gasteiger charge is -2.24. The number of carbonyl (C=O) groups excluding carboxylic acids is 1. The fourth-order valence-corrected chi connectivity index (χ4v) is 6.51. The minimum absolute atomic E-state index is 0.218. The summed E-state index contributed by atoms with van der Waals surface area (Å²) in [7, 11) is 1.60. The monoisotopic (exact) mass is 597 g/mol.